The minimum atomic E-state index is -0.560. The number of hydrogen-bond acceptors (Lipinski definition) is 1. The minimum Gasteiger partial charge on any atom is -0.289 e. The monoisotopic (exact) mass is 197 g/mol. The normalized spacial score (nSPS) is 45.0. The third-order valence-electron chi connectivity index (χ3n) is 4.99. The highest BCUT2D eigenvalue weighted by Gasteiger charge is 2.64. The molecule has 1 spiro atoms. The van der Waals surface area contributed by atoms with Gasteiger partial charge in [-0.05, 0) is 38.0 Å². The quantitative estimate of drug-likeness (QED) is 0.625. The van der Waals surface area contributed by atoms with E-state index in [1.165, 1.54) is 25.7 Å². The van der Waals surface area contributed by atoms with Crippen molar-refractivity contribution in [1.82, 2.24) is 4.90 Å². The lowest BCUT2D eigenvalue weighted by atomic mass is 9.82. The SMILES string of the molecule is CC(C)C12CCC3(CC3)N1CC(F)C2. The summed E-state index contributed by atoms with van der Waals surface area (Å²) in [5.74, 6) is 0.614. The van der Waals surface area contributed by atoms with Crippen LogP contribution in [0.25, 0.3) is 0 Å². The first kappa shape index (κ1) is 9.14. The number of nitrogens with zero attached hydrogens (tertiary/aromatic N) is 1. The molecular formula is C12H20FN. The first-order chi connectivity index (χ1) is 6.59. The topological polar surface area (TPSA) is 3.24 Å². The Kier molecular flexibility index (Phi) is 1.65. The van der Waals surface area contributed by atoms with Gasteiger partial charge in [0.2, 0.25) is 0 Å². The van der Waals surface area contributed by atoms with Crippen LogP contribution in [0.1, 0.15) is 46.0 Å². The summed E-state index contributed by atoms with van der Waals surface area (Å²) in [5, 5.41) is 0. The molecule has 1 aliphatic carbocycles. The Morgan fingerprint density at radius 1 is 1.21 bits per heavy atom. The van der Waals surface area contributed by atoms with Crippen LogP contribution >= 0.6 is 0 Å². The summed E-state index contributed by atoms with van der Waals surface area (Å²) in [5.41, 5.74) is 0.695. The van der Waals surface area contributed by atoms with Crippen molar-refractivity contribution in [3.05, 3.63) is 0 Å². The van der Waals surface area contributed by atoms with Gasteiger partial charge >= 0.3 is 0 Å². The minimum absolute atomic E-state index is 0.232. The van der Waals surface area contributed by atoms with Crippen molar-refractivity contribution in [2.24, 2.45) is 5.92 Å². The summed E-state index contributed by atoms with van der Waals surface area (Å²) in [4.78, 5) is 2.55. The molecule has 2 atom stereocenters. The van der Waals surface area contributed by atoms with Crippen molar-refractivity contribution in [2.45, 2.75) is 63.2 Å². The molecular weight excluding hydrogens is 177 g/mol. The van der Waals surface area contributed by atoms with E-state index in [0.717, 1.165) is 13.0 Å². The molecule has 2 heteroatoms. The van der Waals surface area contributed by atoms with E-state index in [1.54, 1.807) is 0 Å². The lowest BCUT2D eigenvalue weighted by Gasteiger charge is -2.38. The van der Waals surface area contributed by atoms with Crippen LogP contribution in [-0.4, -0.2) is 28.7 Å². The van der Waals surface area contributed by atoms with Crippen molar-refractivity contribution in [1.29, 1.82) is 0 Å². The Labute approximate surface area is 85.7 Å². The van der Waals surface area contributed by atoms with Crippen molar-refractivity contribution in [3.63, 3.8) is 0 Å². The maximum absolute atomic E-state index is 13.6. The van der Waals surface area contributed by atoms with Crippen LogP contribution in [0.5, 0.6) is 0 Å². The van der Waals surface area contributed by atoms with Crippen LogP contribution in [0.4, 0.5) is 4.39 Å². The second-order valence-electron chi connectivity index (χ2n) is 5.89. The van der Waals surface area contributed by atoms with E-state index >= 15 is 0 Å². The zero-order valence-corrected chi connectivity index (χ0v) is 9.22. The average molecular weight is 197 g/mol. The van der Waals surface area contributed by atoms with Gasteiger partial charge in [-0.1, -0.05) is 13.8 Å². The molecule has 3 fully saturated rings. The van der Waals surface area contributed by atoms with E-state index in [0.29, 0.717) is 11.5 Å². The molecule has 0 amide bonds. The second kappa shape index (κ2) is 2.52. The molecule has 0 radical (unpaired) electrons. The summed E-state index contributed by atoms with van der Waals surface area (Å²) in [6.07, 6.45) is 5.47. The fraction of sp³-hybridized carbons (Fsp3) is 1.00. The fourth-order valence-electron chi connectivity index (χ4n) is 3.93. The largest absolute Gasteiger partial charge is 0.289 e. The van der Waals surface area contributed by atoms with E-state index in [2.05, 4.69) is 18.7 Å². The number of alkyl halides is 1. The molecule has 0 aromatic heterocycles. The molecule has 3 rings (SSSR count). The Hall–Kier alpha value is -0.110. The smallest absolute Gasteiger partial charge is 0.115 e. The van der Waals surface area contributed by atoms with Gasteiger partial charge in [-0.15, -0.1) is 0 Å². The molecule has 0 bridgehead atoms. The fourth-order valence-corrected chi connectivity index (χ4v) is 3.93. The zero-order valence-electron chi connectivity index (χ0n) is 9.22. The third-order valence-corrected chi connectivity index (χ3v) is 4.99. The maximum Gasteiger partial charge on any atom is 0.115 e. The van der Waals surface area contributed by atoms with Gasteiger partial charge in [-0.2, -0.15) is 0 Å². The highest BCUT2D eigenvalue weighted by molar-refractivity contribution is 5.20. The van der Waals surface area contributed by atoms with Crippen LogP contribution in [0.15, 0.2) is 0 Å². The van der Waals surface area contributed by atoms with Gasteiger partial charge in [0.15, 0.2) is 0 Å². The molecule has 3 aliphatic rings. The molecule has 0 aromatic rings. The molecule has 2 heterocycles. The summed E-state index contributed by atoms with van der Waals surface area (Å²) in [7, 11) is 0. The lowest BCUT2D eigenvalue weighted by Crippen LogP contribution is -2.47. The van der Waals surface area contributed by atoms with Crippen molar-refractivity contribution < 1.29 is 4.39 Å². The first-order valence-electron chi connectivity index (χ1n) is 6.01. The molecule has 14 heavy (non-hydrogen) atoms. The molecule has 2 aliphatic heterocycles. The van der Waals surface area contributed by atoms with Crippen LogP contribution in [0.3, 0.4) is 0 Å². The van der Waals surface area contributed by atoms with Gasteiger partial charge in [0.25, 0.3) is 0 Å². The van der Waals surface area contributed by atoms with E-state index in [4.69, 9.17) is 0 Å². The standard InChI is InChI=1S/C12H20FN/c1-9(2)12-6-5-11(3-4-11)14(12)8-10(13)7-12/h9-10H,3-8H2,1-2H3. The predicted octanol–water partition coefficient (Wildman–Crippen LogP) is 2.75. The van der Waals surface area contributed by atoms with E-state index < -0.39 is 6.17 Å². The van der Waals surface area contributed by atoms with Crippen molar-refractivity contribution in [3.8, 4) is 0 Å². The van der Waals surface area contributed by atoms with E-state index in [9.17, 15) is 4.39 Å². The average Bonchev–Trinajstić information content (AvgIpc) is 2.73. The Bertz CT molecular complexity index is 259. The molecule has 80 valence electrons. The molecule has 1 nitrogen and oxygen atoms in total. The van der Waals surface area contributed by atoms with Crippen LogP contribution in [0.2, 0.25) is 0 Å². The summed E-state index contributed by atoms with van der Waals surface area (Å²) in [6.45, 7) is 5.26. The van der Waals surface area contributed by atoms with E-state index in [-0.39, 0.29) is 5.54 Å². The van der Waals surface area contributed by atoms with Crippen LogP contribution in [-0.2, 0) is 0 Å². The van der Waals surface area contributed by atoms with Gasteiger partial charge in [-0.3, -0.25) is 4.90 Å². The van der Waals surface area contributed by atoms with Gasteiger partial charge in [0, 0.05) is 17.6 Å². The molecule has 2 unspecified atom stereocenters. The lowest BCUT2D eigenvalue weighted by molar-refractivity contribution is 0.0933. The van der Waals surface area contributed by atoms with Crippen LogP contribution < -0.4 is 0 Å². The highest BCUT2D eigenvalue weighted by atomic mass is 19.1. The number of fused-ring (bicyclic) bond motifs is 2. The third kappa shape index (κ3) is 0.932. The van der Waals surface area contributed by atoms with Crippen LogP contribution in [0, 0.1) is 5.92 Å². The van der Waals surface area contributed by atoms with E-state index in [1.807, 2.05) is 0 Å². The zero-order chi connectivity index (χ0) is 9.97. The first-order valence-corrected chi connectivity index (χ1v) is 6.01. The van der Waals surface area contributed by atoms with Gasteiger partial charge in [0.05, 0.1) is 0 Å². The summed E-state index contributed by atoms with van der Waals surface area (Å²) < 4.78 is 13.6. The second-order valence-corrected chi connectivity index (χ2v) is 5.89. The van der Waals surface area contributed by atoms with Gasteiger partial charge in [-0.25, -0.2) is 4.39 Å². The highest BCUT2D eigenvalue weighted by Crippen LogP contribution is 2.61. The summed E-state index contributed by atoms with van der Waals surface area (Å²) >= 11 is 0. The summed E-state index contributed by atoms with van der Waals surface area (Å²) in [6, 6.07) is 0. The van der Waals surface area contributed by atoms with Gasteiger partial charge < -0.3 is 0 Å². The Morgan fingerprint density at radius 3 is 2.43 bits per heavy atom. The van der Waals surface area contributed by atoms with Gasteiger partial charge in [0.1, 0.15) is 6.17 Å². The number of hydrogen-bond donors (Lipinski definition) is 0. The number of halogens is 1. The maximum atomic E-state index is 13.6. The van der Waals surface area contributed by atoms with Crippen molar-refractivity contribution in [2.75, 3.05) is 6.54 Å². The predicted molar refractivity (Wildman–Crippen MR) is 55.0 cm³/mol. The Morgan fingerprint density at radius 2 is 1.86 bits per heavy atom. The molecule has 0 aromatic carbocycles. The molecule has 2 saturated heterocycles. The molecule has 1 saturated carbocycles. The number of rotatable bonds is 1. The molecule has 0 N–H and O–H groups in total. The van der Waals surface area contributed by atoms with Crippen molar-refractivity contribution >= 4 is 0 Å². The Balaban J connectivity index is 1.95.